The third kappa shape index (κ3) is 4.19. The monoisotopic (exact) mass is 308 g/mol. The van der Waals surface area contributed by atoms with Crippen LogP contribution in [-0.2, 0) is 14.3 Å². The van der Waals surface area contributed by atoms with E-state index in [-0.39, 0.29) is 0 Å². The van der Waals surface area contributed by atoms with E-state index in [1.807, 2.05) is 6.92 Å². The van der Waals surface area contributed by atoms with Crippen LogP contribution in [0.4, 0.5) is 0 Å². The number of Topliss-reactive ketones (excluding diaryl/α,β-unsaturated/α-hetero) is 1. The summed E-state index contributed by atoms with van der Waals surface area (Å²) in [6, 6.07) is 0. The molecule has 1 aliphatic heterocycles. The molecule has 5 atom stereocenters. The maximum Gasteiger partial charge on any atom is 0.259 e. The fourth-order valence-electron chi connectivity index (χ4n) is 2.11. The number of unbranched alkanes of at least 4 members (excludes halogenated alkanes) is 2. The summed E-state index contributed by atoms with van der Waals surface area (Å²) in [6.45, 7) is 1.11. The van der Waals surface area contributed by atoms with Crippen LogP contribution in [0.3, 0.4) is 0 Å². The Labute approximate surface area is 122 Å². The summed E-state index contributed by atoms with van der Waals surface area (Å²) in [4.78, 5) is 11.9. The third-order valence-corrected chi connectivity index (χ3v) is 3.49. The first-order valence-electron chi connectivity index (χ1n) is 7.04. The van der Waals surface area contributed by atoms with Crippen LogP contribution < -0.4 is 0 Å². The Morgan fingerprint density at radius 2 is 1.90 bits per heavy atom. The second-order valence-corrected chi connectivity index (χ2v) is 5.14. The minimum Gasteiger partial charge on any atom is -0.394 e. The second-order valence-electron chi connectivity index (χ2n) is 5.14. The molecule has 8 heteroatoms. The first-order chi connectivity index (χ1) is 9.88. The number of hydrogen-bond donors (Lipinski definition) is 5. The zero-order valence-electron chi connectivity index (χ0n) is 12.0. The summed E-state index contributed by atoms with van der Waals surface area (Å²) in [6.07, 6.45) is -4.14. The molecule has 1 aliphatic rings. The lowest BCUT2D eigenvalue weighted by Crippen LogP contribution is -2.68. The minimum absolute atomic E-state index is 0.320. The highest BCUT2D eigenvalue weighted by Crippen LogP contribution is 2.29. The molecule has 8 nitrogen and oxygen atoms in total. The molecule has 1 saturated heterocycles. The summed E-state index contributed by atoms with van der Waals surface area (Å²) in [5, 5.41) is 48.1. The van der Waals surface area contributed by atoms with E-state index in [0.29, 0.717) is 6.61 Å². The lowest BCUT2D eigenvalue weighted by Gasteiger charge is -2.44. The molecule has 1 rings (SSSR count). The molecule has 0 aliphatic carbocycles. The average Bonchev–Trinajstić information content (AvgIpc) is 2.48. The first kappa shape index (κ1) is 18.4. The molecule has 0 aromatic rings. The van der Waals surface area contributed by atoms with Gasteiger partial charge in [0.15, 0.2) is 0 Å². The molecule has 0 radical (unpaired) electrons. The number of carbonyl (C=O) groups excluding carboxylic acids is 1. The standard InChI is InChI=1S/C13H24O8/c1-2-3-4-5-20-7-9(15)13(19)12(18)11(17)10(16)8(6-14)21-13/h8,10-12,14,16-19H,2-7H2,1H3/t8-,10-,11+,12+,13?/m1/s1. The van der Waals surface area contributed by atoms with Crippen molar-refractivity contribution < 1.29 is 39.8 Å². The highest BCUT2D eigenvalue weighted by Gasteiger charge is 2.56. The Kier molecular flexibility index (Phi) is 7.14. The quantitative estimate of drug-likeness (QED) is 0.322. The van der Waals surface area contributed by atoms with E-state index >= 15 is 0 Å². The van der Waals surface area contributed by atoms with Crippen molar-refractivity contribution in [2.45, 2.75) is 56.4 Å². The summed E-state index contributed by atoms with van der Waals surface area (Å²) in [7, 11) is 0. The van der Waals surface area contributed by atoms with E-state index in [2.05, 4.69) is 0 Å². The highest BCUT2D eigenvalue weighted by molar-refractivity contribution is 5.87. The predicted octanol–water partition coefficient (Wildman–Crippen LogP) is -2.08. The number of ketones is 1. The van der Waals surface area contributed by atoms with Crippen molar-refractivity contribution in [2.24, 2.45) is 0 Å². The van der Waals surface area contributed by atoms with Gasteiger partial charge in [0.2, 0.25) is 5.78 Å². The number of hydrogen-bond acceptors (Lipinski definition) is 8. The van der Waals surface area contributed by atoms with Crippen LogP contribution in [0.1, 0.15) is 26.2 Å². The molecular formula is C13H24O8. The lowest BCUT2D eigenvalue weighted by molar-refractivity contribution is -0.331. The molecule has 1 heterocycles. The Morgan fingerprint density at radius 1 is 1.24 bits per heavy atom. The molecule has 1 unspecified atom stereocenters. The van der Waals surface area contributed by atoms with E-state index in [9.17, 15) is 25.2 Å². The number of aliphatic hydroxyl groups is 5. The second kappa shape index (κ2) is 8.14. The Bertz CT molecular complexity index is 334. The fourth-order valence-corrected chi connectivity index (χ4v) is 2.11. The van der Waals surface area contributed by atoms with Gasteiger partial charge >= 0.3 is 0 Å². The normalized spacial score (nSPS) is 36.7. The third-order valence-electron chi connectivity index (χ3n) is 3.49. The van der Waals surface area contributed by atoms with E-state index in [1.54, 1.807) is 0 Å². The fraction of sp³-hybridized carbons (Fsp3) is 0.923. The van der Waals surface area contributed by atoms with Crippen molar-refractivity contribution in [3.8, 4) is 0 Å². The van der Waals surface area contributed by atoms with Crippen LogP contribution in [0, 0.1) is 0 Å². The zero-order chi connectivity index (χ0) is 16.0. The molecule has 0 spiro atoms. The summed E-state index contributed by atoms with van der Waals surface area (Å²) < 4.78 is 9.96. The van der Waals surface area contributed by atoms with Crippen LogP contribution >= 0.6 is 0 Å². The number of aliphatic hydroxyl groups excluding tert-OH is 4. The molecule has 21 heavy (non-hydrogen) atoms. The van der Waals surface area contributed by atoms with Crippen molar-refractivity contribution >= 4 is 5.78 Å². The molecule has 0 bridgehead atoms. The maximum absolute atomic E-state index is 11.9. The van der Waals surface area contributed by atoms with Crippen molar-refractivity contribution in [3.63, 3.8) is 0 Å². The van der Waals surface area contributed by atoms with E-state index in [0.717, 1.165) is 19.3 Å². The van der Waals surface area contributed by atoms with Gasteiger partial charge in [0.1, 0.15) is 31.0 Å². The van der Waals surface area contributed by atoms with Gasteiger partial charge < -0.3 is 35.0 Å². The molecule has 0 amide bonds. The van der Waals surface area contributed by atoms with E-state index in [1.165, 1.54) is 0 Å². The molecule has 1 fully saturated rings. The largest absolute Gasteiger partial charge is 0.394 e. The van der Waals surface area contributed by atoms with Crippen LogP contribution in [-0.4, -0.2) is 81.3 Å². The van der Waals surface area contributed by atoms with Crippen LogP contribution in [0.5, 0.6) is 0 Å². The highest BCUT2D eigenvalue weighted by atomic mass is 16.7. The van der Waals surface area contributed by atoms with Gasteiger partial charge in [0, 0.05) is 6.61 Å². The van der Waals surface area contributed by atoms with Gasteiger partial charge in [-0.15, -0.1) is 0 Å². The number of ether oxygens (including phenoxy) is 2. The molecule has 0 aromatic carbocycles. The summed E-state index contributed by atoms with van der Waals surface area (Å²) in [5.74, 6) is -3.69. The van der Waals surface area contributed by atoms with Gasteiger partial charge in [-0.2, -0.15) is 0 Å². The van der Waals surface area contributed by atoms with Crippen LogP contribution in [0.25, 0.3) is 0 Å². The predicted molar refractivity (Wildman–Crippen MR) is 70.3 cm³/mol. The van der Waals surface area contributed by atoms with Gasteiger partial charge in [-0.25, -0.2) is 0 Å². The van der Waals surface area contributed by atoms with Gasteiger partial charge in [-0.05, 0) is 6.42 Å². The van der Waals surface area contributed by atoms with Gasteiger partial charge in [-0.3, -0.25) is 4.79 Å². The zero-order valence-corrected chi connectivity index (χ0v) is 12.0. The van der Waals surface area contributed by atoms with Crippen molar-refractivity contribution in [3.05, 3.63) is 0 Å². The number of rotatable bonds is 8. The Balaban J connectivity index is 2.62. The van der Waals surface area contributed by atoms with E-state index < -0.39 is 49.2 Å². The summed E-state index contributed by atoms with van der Waals surface area (Å²) in [5.41, 5.74) is 0. The van der Waals surface area contributed by atoms with E-state index in [4.69, 9.17) is 14.6 Å². The van der Waals surface area contributed by atoms with Crippen molar-refractivity contribution in [1.29, 1.82) is 0 Å². The van der Waals surface area contributed by atoms with Gasteiger partial charge in [-0.1, -0.05) is 19.8 Å². The molecule has 5 N–H and O–H groups in total. The topological polar surface area (TPSA) is 137 Å². The van der Waals surface area contributed by atoms with Crippen molar-refractivity contribution in [2.75, 3.05) is 19.8 Å². The Hall–Kier alpha value is -0.610. The summed E-state index contributed by atoms with van der Waals surface area (Å²) >= 11 is 0. The smallest absolute Gasteiger partial charge is 0.259 e. The number of carbonyl (C=O) groups is 1. The molecule has 0 saturated carbocycles. The van der Waals surface area contributed by atoms with Gasteiger partial charge in [0.05, 0.1) is 6.61 Å². The molecule has 124 valence electrons. The first-order valence-corrected chi connectivity index (χ1v) is 7.04. The maximum atomic E-state index is 11.9. The van der Waals surface area contributed by atoms with Crippen molar-refractivity contribution in [1.82, 2.24) is 0 Å². The lowest BCUT2D eigenvalue weighted by atomic mass is 9.90. The van der Waals surface area contributed by atoms with Gasteiger partial charge in [0.25, 0.3) is 5.79 Å². The minimum atomic E-state index is -2.71. The molecule has 0 aromatic heterocycles. The van der Waals surface area contributed by atoms with Crippen LogP contribution in [0.2, 0.25) is 0 Å². The Morgan fingerprint density at radius 3 is 2.48 bits per heavy atom. The van der Waals surface area contributed by atoms with Crippen LogP contribution in [0.15, 0.2) is 0 Å². The SMILES string of the molecule is CCCCCOCC(=O)C1(O)O[C@H](CO)[C@@H](O)[C@H](O)[C@@H]1O. The molecular weight excluding hydrogens is 284 g/mol. The average molecular weight is 308 g/mol.